The van der Waals surface area contributed by atoms with E-state index in [1.807, 2.05) is 0 Å². The summed E-state index contributed by atoms with van der Waals surface area (Å²) in [5.74, 6) is 2.10. The maximum Gasteiger partial charge on any atom is 0.0399 e. The monoisotopic (exact) mass is 284 g/mol. The molecule has 1 saturated heterocycles. The number of nitrogens with zero attached hydrogens (tertiary/aromatic N) is 2. The largest absolute Gasteiger partial charge is 0.369 e. The van der Waals surface area contributed by atoms with Gasteiger partial charge in [-0.3, -0.25) is 4.90 Å². The van der Waals surface area contributed by atoms with Crippen LogP contribution in [-0.4, -0.2) is 37.1 Å². The summed E-state index contributed by atoms with van der Waals surface area (Å²) in [6.45, 7) is 9.39. The highest BCUT2D eigenvalue weighted by Gasteiger charge is 2.42. The molecule has 2 saturated carbocycles. The number of aryl methyl sites for hydroxylation is 2. The third-order valence-corrected chi connectivity index (χ3v) is 6.19. The second-order valence-electron chi connectivity index (χ2n) is 7.56. The first-order chi connectivity index (χ1) is 10.2. The molecule has 2 aliphatic carbocycles. The van der Waals surface area contributed by atoms with Gasteiger partial charge in [-0.2, -0.15) is 0 Å². The fraction of sp³-hybridized carbons (Fsp3) is 0.684. The molecule has 0 unspecified atom stereocenters. The Hall–Kier alpha value is -1.02. The number of piperazine rings is 1. The lowest BCUT2D eigenvalue weighted by Crippen LogP contribution is -2.51. The molecule has 1 aromatic carbocycles. The lowest BCUT2D eigenvalue weighted by Gasteiger charge is -2.42. The minimum atomic E-state index is 0.921. The van der Waals surface area contributed by atoms with Gasteiger partial charge in [0.15, 0.2) is 0 Å². The molecular weight excluding hydrogens is 256 g/mol. The van der Waals surface area contributed by atoms with E-state index in [4.69, 9.17) is 0 Å². The molecule has 3 atom stereocenters. The quantitative estimate of drug-likeness (QED) is 0.818. The van der Waals surface area contributed by atoms with Gasteiger partial charge in [0, 0.05) is 37.9 Å². The van der Waals surface area contributed by atoms with Crippen LogP contribution in [0.3, 0.4) is 0 Å². The first-order valence-corrected chi connectivity index (χ1v) is 8.77. The van der Waals surface area contributed by atoms with E-state index in [-0.39, 0.29) is 0 Å². The number of benzene rings is 1. The van der Waals surface area contributed by atoms with Crippen LogP contribution in [0.1, 0.15) is 36.8 Å². The fourth-order valence-corrected chi connectivity index (χ4v) is 5.01. The summed E-state index contributed by atoms with van der Waals surface area (Å²) in [4.78, 5) is 5.41. The van der Waals surface area contributed by atoms with Crippen molar-refractivity contribution in [2.45, 2.75) is 45.6 Å². The molecule has 0 amide bonds. The maximum absolute atomic E-state index is 2.81. The molecule has 3 fully saturated rings. The Bertz CT molecular complexity index is 516. The number of rotatable bonds is 2. The maximum atomic E-state index is 2.81. The van der Waals surface area contributed by atoms with Crippen molar-refractivity contribution < 1.29 is 0 Å². The second kappa shape index (κ2) is 5.31. The SMILES string of the molecule is Cc1ccc(C)c(N2CCN([C@@H]3C[C@H]4CC[C@@H]3C4)CC2)c1. The molecule has 4 rings (SSSR count). The van der Waals surface area contributed by atoms with Gasteiger partial charge >= 0.3 is 0 Å². The van der Waals surface area contributed by atoms with Crippen LogP contribution in [-0.2, 0) is 0 Å². The normalized spacial score (nSPS) is 32.9. The van der Waals surface area contributed by atoms with Crippen molar-refractivity contribution in [2.24, 2.45) is 11.8 Å². The summed E-state index contributed by atoms with van der Waals surface area (Å²) >= 11 is 0. The Kier molecular flexibility index (Phi) is 3.45. The Morgan fingerprint density at radius 2 is 1.76 bits per heavy atom. The van der Waals surface area contributed by atoms with E-state index in [0.29, 0.717) is 0 Å². The number of hydrogen-bond acceptors (Lipinski definition) is 2. The molecule has 0 spiro atoms. The summed E-state index contributed by atoms with van der Waals surface area (Å²) in [6, 6.07) is 7.78. The second-order valence-corrected chi connectivity index (χ2v) is 7.56. The molecule has 2 heteroatoms. The van der Waals surface area contributed by atoms with E-state index in [1.54, 1.807) is 0 Å². The highest BCUT2D eigenvalue weighted by molar-refractivity contribution is 5.55. The minimum Gasteiger partial charge on any atom is -0.369 e. The van der Waals surface area contributed by atoms with Crippen molar-refractivity contribution >= 4 is 5.69 Å². The van der Waals surface area contributed by atoms with Gasteiger partial charge in [0.1, 0.15) is 0 Å². The standard InChI is InChI=1S/C19H28N2/c1-14-3-4-15(2)18(11-14)20-7-9-21(10-8-20)19-13-16-5-6-17(19)12-16/h3-4,11,16-17,19H,5-10,12-13H2,1-2H3/t16-,17+,19+/m0/s1. The Morgan fingerprint density at radius 3 is 2.43 bits per heavy atom. The topological polar surface area (TPSA) is 6.48 Å². The van der Waals surface area contributed by atoms with Crippen LogP contribution in [0.5, 0.6) is 0 Å². The molecule has 0 aromatic heterocycles. The van der Waals surface area contributed by atoms with E-state index in [9.17, 15) is 0 Å². The zero-order valence-corrected chi connectivity index (χ0v) is 13.5. The molecule has 0 radical (unpaired) electrons. The lowest BCUT2D eigenvalue weighted by atomic mass is 9.93. The van der Waals surface area contributed by atoms with Crippen LogP contribution in [0.15, 0.2) is 18.2 Å². The summed E-state index contributed by atoms with van der Waals surface area (Å²) < 4.78 is 0. The molecule has 2 nitrogen and oxygen atoms in total. The molecule has 2 bridgehead atoms. The summed E-state index contributed by atoms with van der Waals surface area (Å²) in [5, 5.41) is 0. The average Bonchev–Trinajstić information content (AvgIpc) is 3.13. The van der Waals surface area contributed by atoms with Crippen molar-refractivity contribution in [1.29, 1.82) is 0 Å². The first kappa shape index (κ1) is 13.6. The molecule has 1 aliphatic heterocycles. The number of fused-ring (bicyclic) bond motifs is 2. The van der Waals surface area contributed by atoms with Crippen molar-refractivity contribution in [2.75, 3.05) is 31.1 Å². The molecule has 3 aliphatic rings. The zero-order valence-electron chi connectivity index (χ0n) is 13.5. The van der Waals surface area contributed by atoms with Crippen LogP contribution in [0.25, 0.3) is 0 Å². The lowest BCUT2D eigenvalue weighted by molar-refractivity contribution is 0.135. The Balaban J connectivity index is 1.41. The molecule has 1 aromatic rings. The van der Waals surface area contributed by atoms with E-state index in [0.717, 1.165) is 17.9 Å². The van der Waals surface area contributed by atoms with Crippen LogP contribution >= 0.6 is 0 Å². The highest BCUT2D eigenvalue weighted by Crippen LogP contribution is 2.46. The van der Waals surface area contributed by atoms with Crippen molar-refractivity contribution in [1.82, 2.24) is 4.90 Å². The fourth-order valence-electron chi connectivity index (χ4n) is 5.01. The van der Waals surface area contributed by atoms with Gasteiger partial charge < -0.3 is 4.90 Å². The van der Waals surface area contributed by atoms with Crippen molar-refractivity contribution in [3.05, 3.63) is 29.3 Å². The third-order valence-electron chi connectivity index (χ3n) is 6.19. The molecule has 1 heterocycles. The van der Waals surface area contributed by atoms with Gasteiger partial charge in [-0.15, -0.1) is 0 Å². The van der Waals surface area contributed by atoms with Gasteiger partial charge in [0.25, 0.3) is 0 Å². The number of anilines is 1. The molecule has 114 valence electrons. The van der Waals surface area contributed by atoms with Gasteiger partial charge in [-0.05, 0) is 62.1 Å². The third kappa shape index (κ3) is 2.48. The smallest absolute Gasteiger partial charge is 0.0399 e. The van der Waals surface area contributed by atoms with Crippen molar-refractivity contribution in [3.8, 4) is 0 Å². The predicted molar refractivity (Wildman–Crippen MR) is 88.9 cm³/mol. The molecular formula is C19H28N2. The summed E-state index contributed by atoms with van der Waals surface area (Å²) in [6.07, 6.45) is 6.05. The average molecular weight is 284 g/mol. The summed E-state index contributed by atoms with van der Waals surface area (Å²) in [7, 11) is 0. The van der Waals surface area contributed by atoms with Crippen LogP contribution in [0.2, 0.25) is 0 Å². The summed E-state index contributed by atoms with van der Waals surface area (Å²) in [5.41, 5.74) is 4.27. The zero-order chi connectivity index (χ0) is 14.4. The Labute approximate surface area is 129 Å². The van der Waals surface area contributed by atoms with Crippen molar-refractivity contribution in [3.63, 3.8) is 0 Å². The highest BCUT2D eigenvalue weighted by atomic mass is 15.3. The molecule has 0 N–H and O–H groups in total. The van der Waals surface area contributed by atoms with E-state index < -0.39 is 0 Å². The van der Waals surface area contributed by atoms with Crippen LogP contribution in [0.4, 0.5) is 5.69 Å². The van der Waals surface area contributed by atoms with Crippen LogP contribution in [0, 0.1) is 25.7 Å². The van der Waals surface area contributed by atoms with E-state index in [1.165, 1.54) is 68.7 Å². The van der Waals surface area contributed by atoms with Gasteiger partial charge in [-0.25, -0.2) is 0 Å². The first-order valence-electron chi connectivity index (χ1n) is 8.77. The predicted octanol–water partition coefficient (Wildman–Crippen LogP) is 3.61. The number of hydrogen-bond donors (Lipinski definition) is 0. The minimum absolute atomic E-state index is 0.921. The van der Waals surface area contributed by atoms with Gasteiger partial charge in [0.2, 0.25) is 0 Å². The molecule has 21 heavy (non-hydrogen) atoms. The van der Waals surface area contributed by atoms with Gasteiger partial charge in [0.05, 0.1) is 0 Å². The van der Waals surface area contributed by atoms with Crippen LogP contribution < -0.4 is 4.90 Å². The Morgan fingerprint density at radius 1 is 0.952 bits per heavy atom. The van der Waals surface area contributed by atoms with Gasteiger partial charge in [-0.1, -0.05) is 18.6 Å². The van der Waals surface area contributed by atoms with E-state index in [2.05, 4.69) is 41.8 Å². The van der Waals surface area contributed by atoms with E-state index >= 15 is 0 Å².